The van der Waals surface area contributed by atoms with E-state index in [2.05, 4.69) is 10.2 Å². The molecule has 8 nitrogen and oxygen atoms in total. The van der Waals surface area contributed by atoms with Crippen molar-refractivity contribution in [3.05, 3.63) is 47.5 Å². The van der Waals surface area contributed by atoms with E-state index in [-0.39, 0.29) is 17.4 Å². The first-order valence-corrected chi connectivity index (χ1v) is 12.4. The van der Waals surface area contributed by atoms with Gasteiger partial charge in [0.05, 0.1) is 29.5 Å². The van der Waals surface area contributed by atoms with Crippen LogP contribution in [0.25, 0.3) is 0 Å². The third kappa shape index (κ3) is 5.35. The number of ether oxygens (including phenoxy) is 2. The first-order valence-electron chi connectivity index (χ1n) is 10.6. The van der Waals surface area contributed by atoms with Gasteiger partial charge in [0.2, 0.25) is 10.0 Å². The number of nitrogens with zero attached hydrogens (tertiary/aromatic N) is 2. The molecule has 0 bridgehead atoms. The van der Waals surface area contributed by atoms with Crippen molar-refractivity contribution in [3.63, 3.8) is 0 Å². The lowest BCUT2D eigenvalue weighted by molar-refractivity contribution is -0.118. The Morgan fingerprint density at radius 1 is 1.06 bits per heavy atom. The minimum atomic E-state index is -3.68. The molecule has 4 rings (SSSR count). The van der Waals surface area contributed by atoms with Gasteiger partial charge in [0.25, 0.3) is 5.91 Å². The van der Waals surface area contributed by atoms with Gasteiger partial charge in [0.1, 0.15) is 5.75 Å². The Morgan fingerprint density at radius 2 is 1.81 bits per heavy atom. The number of anilines is 2. The van der Waals surface area contributed by atoms with Gasteiger partial charge in [-0.05, 0) is 49.2 Å². The first kappa shape index (κ1) is 22.8. The summed E-state index contributed by atoms with van der Waals surface area (Å²) in [6.45, 7) is 2.86. The largest absolute Gasteiger partial charge is 0.484 e. The number of morpholine rings is 1. The average molecular weight is 480 g/mol. The van der Waals surface area contributed by atoms with Gasteiger partial charge in [0, 0.05) is 31.2 Å². The van der Waals surface area contributed by atoms with Gasteiger partial charge in [-0.15, -0.1) is 0 Å². The molecule has 2 aromatic carbocycles. The molecule has 32 heavy (non-hydrogen) atoms. The van der Waals surface area contributed by atoms with Crippen molar-refractivity contribution in [3.8, 4) is 5.75 Å². The maximum absolute atomic E-state index is 13.1. The van der Waals surface area contributed by atoms with Gasteiger partial charge in [-0.25, -0.2) is 8.42 Å². The molecular formula is C22H26ClN3O5S. The summed E-state index contributed by atoms with van der Waals surface area (Å²) in [5.41, 5.74) is 1.26. The van der Waals surface area contributed by atoms with Crippen LogP contribution in [0.15, 0.2) is 47.4 Å². The fourth-order valence-electron chi connectivity index (χ4n) is 3.84. The summed E-state index contributed by atoms with van der Waals surface area (Å²) >= 11 is 5.95. The number of hydrogen-bond donors (Lipinski definition) is 1. The molecule has 10 heteroatoms. The standard InChI is InChI=1S/C22H26ClN3O5S/c23-17-4-3-5-18(14-17)31-16-22(27)24-20-15-19(6-7-21(20)25-8-1-2-9-25)32(28,29)26-10-12-30-13-11-26/h3-7,14-15H,1-2,8-13,16H2,(H,24,27). The molecule has 0 saturated carbocycles. The summed E-state index contributed by atoms with van der Waals surface area (Å²) in [7, 11) is -3.68. The van der Waals surface area contributed by atoms with Crippen LogP contribution >= 0.6 is 11.6 Å². The molecule has 0 spiro atoms. The van der Waals surface area contributed by atoms with Crippen molar-refractivity contribution in [2.75, 3.05) is 56.2 Å². The lowest BCUT2D eigenvalue weighted by atomic mass is 10.2. The van der Waals surface area contributed by atoms with Gasteiger partial charge in [-0.1, -0.05) is 17.7 Å². The van der Waals surface area contributed by atoms with Gasteiger partial charge in [-0.3, -0.25) is 4.79 Å². The second-order valence-electron chi connectivity index (χ2n) is 7.68. The third-order valence-corrected chi connectivity index (χ3v) is 7.59. The molecule has 2 aromatic rings. The Morgan fingerprint density at radius 3 is 2.53 bits per heavy atom. The van der Waals surface area contributed by atoms with E-state index >= 15 is 0 Å². The van der Waals surface area contributed by atoms with Crippen LogP contribution in [0.3, 0.4) is 0 Å². The van der Waals surface area contributed by atoms with Crippen molar-refractivity contribution in [2.24, 2.45) is 0 Å². The topological polar surface area (TPSA) is 88.2 Å². The molecule has 0 aliphatic carbocycles. The Balaban J connectivity index is 1.55. The second-order valence-corrected chi connectivity index (χ2v) is 10.1. The van der Waals surface area contributed by atoms with Crippen molar-refractivity contribution in [1.29, 1.82) is 0 Å². The highest BCUT2D eigenvalue weighted by molar-refractivity contribution is 7.89. The van der Waals surface area contributed by atoms with Crippen LogP contribution in [0, 0.1) is 0 Å². The van der Waals surface area contributed by atoms with E-state index < -0.39 is 10.0 Å². The van der Waals surface area contributed by atoms with E-state index in [1.807, 2.05) is 0 Å². The third-order valence-electron chi connectivity index (χ3n) is 5.46. The Kier molecular flexibility index (Phi) is 7.20. The van der Waals surface area contributed by atoms with Crippen LogP contribution in [0.5, 0.6) is 5.75 Å². The molecule has 2 saturated heterocycles. The summed E-state index contributed by atoms with van der Waals surface area (Å²) < 4.78 is 38.4. The van der Waals surface area contributed by atoms with Crippen LogP contribution in [0.4, 0.5) is 11.4 Å². The van der Waals surface area contributed by atoms with Crippen molar-refractivity contribution in [1.82, 2.24) is 4.31 Å². The average Bonchev–Trinajstić information content (AvgIpc) is 3.33. The Bertz CT molecular complexity index is 1070. The van der Waals surface area contributed by atoms with E-state index in [1.165, 1.54) is 10.4 Å². The fraction of sp³-hybridized carbons (Fsp3) is 0.409. The number of sulfonamides is 1. The highest BCUT2D eigenvalue weighted by Crippen LogP contribution is 2.32. The van der Waals surface area contributed by atoms with Gasteiger partial charge in [0.15, 0.2) is 6.61 Å². The second kappa shape index (κ2) is 10.1. The first-order chi connectivity index (χ1) is 15.4. The summed E-state index contributed by atoms with van der Waals surface area (Å²) in [5, 5.41) is 3.36. The molecule has 2 aliphatic heterocycles. The van der Waals surface area contributed by atoms with Gasteiger partial charge >= 0.3 is 0 Å². The monoisotopic (exact) mass is 479 g/mol. The normalized spacial score (nSPS) is 17.3. The van der Waals surface area contributed by atoms with Crippen molar-refractivity contribution < 1.29 is 22.7 Å². The number of amides is 1. The number of carbonyl (C=O) groups is 1. The minimum absolute atomic E-state index is 0.147. The minimum Gasteiger partial charge on any atom is -0.484 e. The van der Waals surface area contributed by atoms with Crippen LogP contribution in [-0.2, 0) is 19.6 Å². The summed E-state index contributed by atoms with van der Waals surface area (Å²) in [5.74, 6) is 0.0994. The molecule has 0 aromatic heterocycles. The molecule has 0 atom stereocenters. The van der Waals surface area contributed by atoms with E-state index in [1.54, 1.807) is 36.4 Å². The lowest BCUT2D eigenvalue weighted by Gasteiger charge is -2.27. The predicted octanol–water partition coefficient (Wildman–Crippen LogP) is 2.98. The zero-order valence-electron chi connectivity index (χ0n) is 17.6. The molecule has 2 fully saturated rings. The molecule has 172 valence electrons. The highest BCUT2D eigenvalue weighted by Gasteiger charge is 2.28. The number of nitrogens with one attached hydrogen (secondary N) is 1. The molecule has 1 N–H and O–H groups in total. The molecule has 1 amide bonds. The SMILES string of the molecule is O=C(COc1cccc(Cl)c1)Nc1cc(S(=O)(=O)N2CCOCC2)ccc1N1CCCC1. The summed E-state index contributed by atoms with van der Waals surface area (Å²) in [6.07, 6.45) is 2.11. The zero-order valence-corrected chi connectivity index (χ0v) is 19.2. The molecule has 2 heterocycles. The summed E-state index contributed by atoms with van der Waals surface area (Å²) in [6, 6.07) is 11.7. The maximum atomic E-state index is 13.1. The molecular weight excluding hydrogens is 454 g/mol. The van der Waals surface area contributed by atoms with Crippen LogP contribution < -0.4 is 15.0 Å². The molecule has 0 unspecified atom stereocenters. The predicted molar refractivity (Wildman–Crippen MR) is 123 cm³/mol. The van der Waals surface area contributed by atoms with Crippen LogP contribution in [0.2, 0.25) is 5.02 Å². The molecule has 2 aliphatic rings. The Hall–Kier alpha value is -2.33. The summed E-state index contributed by atoms with van der Waals surface area (Å²) in [4.78, 5) is 14.9. The zero-order chi connectivity index (χ0) is 22.6. The van der Waals surface area contributed by atoms with Crippen LogP contribution in [0.1, 0.15) is 12.8 Å². The number of hydrogen-bond acceptors (Lipinski definition) is 6. The van der Waals surface area contributed by atoms with E-state index in [9.17, 15) is 13.2 Å². The van der Waals surface area contributed by atoms with Crippen LogP contribution in [-0.4, -0.2) is 64.6 Å². The Labute approximate surface area is 193 Å². The lowest BCUT2D eigenvalue weighted by Crippen LogP contribution is -2.40. The van der Waals surface area contributed by atoms with Crippen molar-refractivity contribution in [2.45, 2.75) is 17.7 Å². The van der Waals surface area contributed by atoms with Gasteiger partial charge < -0.3 is 19.7 Å². The van der Waals surface area contributed by atoms with E-state index in [4.69, 9.17) is 21.1 Å². The van der Waals surface area contributed by atoms with Crippen molar-refractivity contribution >= 4 is 38.9 Å². The molecule has 0 radical (unpaired) electrons. The van der Waals surface area contributed by atoms with Gasteiger partial charge in [-0.2, -0.15) is 4.31 Å². The fourth-order valence-corrected chi connectivity index (χ4v) is 5.45. The number of rotatable bonds is 7. The smallest absolute Gasteiger partial charge is 0.262 e. The quantitative estimate of drug-likeness (QED) is 0.656. The van der Waals surface area contributed by atoms with E-state index in [0.29, 0.717) is 42.8 Å². The van der Waals surface area contributed by atoms with E-state index in [0.717, 1.165) is 31.6 Å². The number of benzene rings is 2. The number of carbonyl (C=O) groups excluding carboxylic acids is 1. The highest BCUT2D eigenvalue weighted by atomic mass is 35.5. The maximum Gasteiger partial charge on any atom is 0.262 e. The number of halogens is 1.